The third-order valence-electron chi connectivity index (χ3n) is 4.37. The van der Waals surface area contributed by atoms with Crippen LogP contribution in [-0.4, -0.2) is 6.04 Å². The maximum Gasteiger partial charge on any atom is 0.0346 e. The molecule has 0 radical (unpaired) electrons. The average Bonchev–Trinajstić information content (AvgIpc) is 2.96. The molecule has 1 heterocycles. The van der Waals surface area contributed by atoms with Crippen LogP contribution in [0.4, 0.5) is 0 Å². The average molecular weight is 285 g/mol. The van der Waals surface area contributed by atoms with Crippen molar-refractivity contribution in [2.45, 2.75) is 45.2 Å². The monoisotopic (exact) mass is 285 g/mol. The first-order valence-electron chi connectivity index (χ1n) is 7.70. The van der Waals surface area contributed by atoms with Gasteiger partial charge in [0.1, 0.15) is 0 Å². The summed E-state index contributed by atoms with van der Waals surface area (Å²) in [5, 5.41) is 3.76. The van der Waals surface area contributed by atoms with Gasteiger partial charge in [0.2, 0.25) is 0 Å². The van der Waals surface area contributed by atoms with Crippen LogP contribution in [0.2, 0.25) is 0 Å². The minimum absolute atomic E-state index is 0.714. The zero-order valence-electron chi connectivity index (χ0n) is 12.1. The number of benzene rings is 1. The SMILES string of the molecule is CC1CCCCC1NCc1ccc(-c2ccccc2)s1. The van der Waals surface area contributed by atoms with Gasteiger partial charge in [-0.3, -0.25) is 0 Å². The van der Waals surface area contributed by atoms with Crippen molar-refractivity contribution in [2.75, 3.05) is 0 Å². The molecule has 2 aromatic rings. The van der Waals surface area contributed by atoms with Crippen molar-refractivity contribution in [3.63, 3.8) is 0 Å². The van der Waals surface area contributed by atoms with E-state index in [0.717, 1.165) is 12.5 Å². The Bertz CT molecular complexity index is 531. The van der Waals surface area contributed by atoms with Crippen molar-refractivity contribution < 1.29 is 0 Å². The molecule has 2 unspecified atom stereocenters. The molecule has 0 saturated heterocycles. The molecule has 1 nitrogen and oxygen atoms in total. The minimum atomic E-state index is 0.714. The Kier molecular flexibility index (Phi) is 4.54. The van der Waals surface area contributed by atoms with Gasteiger partial charge < -0.3 is 5.32 Å². The smallest absolute Gasteiger partial charge is 0.0346 e. The fraction of sp³-hybridized carbons (Fsp3) is 0.444. The summed E-state index contributed by atoms with van der Waals surface area (Å²) in [5.41, 5.74) is 1.33. The van der Waals surface area contributed by atoms with Crippen molar-refractivity contribution >= 4 is 11.3 Å². The lowest BCUT2D eigenvalue weighted by atomic mass is 9.86. The summed E-state index contributed by atoms with van der Waals surface area (Å²) in [7, 11) is 0. The Balaban J connectivity index is 1.60. The van der Waals surface area contributed by atoms with E-state index >= 15 is 0 Å². The van der Waals surface area contributed by atoms with E-state index in [1.807, 2.05) is 11.3 Å². The first-order chi connectivity index (χ1) is 9.83. The highest BCUT2D eigenvalue weighted by atomic mass is 32.1. The van der Waals surface area contributed by atoms with Gasteiger partial charge in [-0.2, -0.15) is 0 Å². The molecule has 0 amide bonds. The second-order valence-corrected chi connectivity index (χ2v) is 7.05. The van der Waals surface area contributed by atoms with Crippen LogP contribution in [-0.2, 0) is 6.54 Å². The van der Waals surface area contributed by atoms with Crippen LogP contribution < -0.4 is 5.32 Å². The molecule has 1 aromatic heterocycles. The van der Waals surface area contributed by atoms with Crippen LogP contribution in [0.3, 0.4) is 0 Å². The first-order valence-corrected chi connectivity index (χ1v) is 8.52. The van der Waals surface area contributed by atoms with Gasteiger partial charge >= 0.3 is 0 Å². The quantitative estimate of drug-likeness (QED) is 0.825. The molecule has 3 rings (SSSR count). The topological polar surface area (TPSA) is 12.0 Å². The van der Waals surface area contributed by atoms with Gasteiger partial charge in [-0.1, -0.05) is 50.1 Å². The Labute approximate surface area is 126 Å². The Hall–Kier alpha value is -1.12. The van der Waals surface area contributed by atoms with Crippen molar-refractivity contribution in [2.24, 2.45) is 5.92 Å². The van der Waals surface area contributed by atoms with E-state index in [2.05, 4.69) is 54.7 Å². The Morgan fingerprint density at radius 3 is 2.65 bits per heavy atom. The Morgan fingerprint density at radius 2 is 1.85 bits per heavy atom. The van der Waals surface area contributed by atoms with Crippen LogP contribution in [0.1, 0.15) is 37.5 Å². The predicted octanol–water partition coefficient (Wildman–Crippen LogP) is 5.08. The van der Waals surface area contributed by atoms with Crippen molar-refractivity contribution in [1.82, 2.24) is 5.32 Å². The van der Waals surface area contributed by atoms with Crippen LogP contribution in [0.15, 0.2) is 42.5 Å². The fourth-order valence-electron chi connectivity index (χ4n) is 3.08. The maximum absolute atomic E-state index is 3.76. The van der Waals surface area contributed by atoms with Gasteiger partial charge in [0.15, 0.2) is 0 Å². The van der Waals surface area contributed by atoms with Crippen molar-refractivity contribution in [3.8, 4) is 10.4 Å². The summed E-state index contributed by atoms with van der Waals surface area (Å²) in [6, 6.07) is 15.9. The normalized spacial score (nSPS) is 22.9. The van der Waals surface area contributed by atoms with E-state index in [1.54, 1.807) is 0 Å². The summed E-state index contributed by atoms with van der Waals surface area (Å²) >= 11 is 1.91. The molecule has 0 spiro atoms. The minimum Gasteiger partial charge on any atom is -0.309 e. The molecule has 2 atom stereocenters. The molecule has 2 heteroatoms. The molecular weight excluding hydrogens is 262 g/mol. The van der Waals surface area contributed by atoms with E-state index < -0.39 is 0 Å². The summed E-state index contributed by atoms with van der Waals surface area (Å²) in [5.74, 6) is 0.831. The van der Waals surface area contributed by atoms with Crippen molar-refractivity contribution in [3.05, 3.63) is 47.3 Å². The highest BCUT2D eigenvalue weighted by molar-refractivity contribution is 7.15. The third kappa shape index (κ3) is 3.31. The second-order valence-electron chi connectivity index (χ2n) is 5.88. The number of rotatable bonds is 4. The highest BCUT2D eigenvalue weighted by Gasteiger charge is 2.20. The van der Waals surface area contributed by atoms with Crippen LogP contribution in [0.5, 0.6) is 0 Å². The molecule has 106 valence electrons. The summed E-state index contributed by atoms with van der Waals surface area (Å²) in [6.07, 6.45) is 5.54. The highest BCUT2D eigenvalue weighted by Crippen LogP contribution is 2.29. The van der Waals surface area contributed by atoms with Gasteiger partial charge in [0.25, 0.3) is 0 Å². The molecule has 1 aliphatic rings. The third-order valence-corrected chi connectivity index (χ3v) is 5.50. The molecule has 1 aromatic carbocycles. The van der Waals surface area contributed by atoms with Gasteiger partial charge in [-0.05, 0) is 36.5 Å². The molecule has 0 aliphatic heterocycles. The standard InChI is InChI=1S/C18H23NS/c1-14-7-5-6-10-17(14)19-13-16-11-12-18(20-16)15-8-3-2-4-9-15/h2-4,8-9,11-12,14,17,19H,5-7,10,13H2,1H3. The molecule has 20 heavy (non-hydrogen) atoms. The summed E-state index contributed by atoms with van der Waals surface area (Å²) in [6.45, 7) is 3.41. The number of nitrogens with one attached hydrogen (secondary N) is 1. The van der Waals surface area contributed by atoms with E-state index in [1.165, 1.54) is 41.0 Å². The Morgan fingerprint density at radius 1 is 1.05 bits per heavy atom. The first kappa shape index (κ1) is 13.8. The lowest BCUT2D eigenvalue weighted by Gasteiger charge is -2.29. The largest absolute Gasteiger partial charge is 0.309 e. The van der Waals surface area contributed by atoms with Crippen LogP contribution >= 0.6 is 11.3 Å². The number of hydrogen-bond donors (Lipinski definition) is 1. The molecule has 1 N–H and O–H groups in total. The lowest BCUT2D eigenvalue weighted by Crippen LogP contribution is -2.36. The fourth-order valence-corrected chi connectivity index (χ4v) is 4.05. The lowest BCUT2D eigenvalue weighted by molar-refractivity contribution is 0.280. The maximum atomic E-state index is 3.76. The van der Waals surface area contributed by atoms with E-state index in [-0.39, 0.29) is 0 Å². The molecule has 1 saturated carbocycles. The summed E-state index contributed by atoms with van der Waals surface area (Å²) < 4.78 is 0. The van der Waals surface area contributed by atoms with Gasteiger partial charge in [0, 0.05) is 22.3 Å². The van der Waals surface area contributed by atoms with E-state index in [4.69, 9.17) is 0 Å². The van der Waals surface area contributed by atoms with Gasteiger partial charge in [0.05, 0.1) is 0 Å². The van der Waals surface area contributed by atoms with Crippen molar-refractivity contribution in [1.29, 1.82) is 0 Å². The zero-order chi connectivity index (χ0) is 13.8. The molecule has 1 fully saturated rings. The number of thiophene rings is 1. The van der Waals surface area contributed by atoms with Crippen LogP contribution in [0, 0.1) is 5.92 Å². The van der Waals surface area contributed by atoms with E-state index in [9.17, 15) is 0 Å². The predicted molar refractivity (Wildman–Crippen MR) is 88.0 cm³/mol. The van der Waals surface area contributed by atoms with Crippen LogP contribution in [0.25, 0.3) is 10.4 Å². The molecule has 0 bridgehead atoms. The zero-order valence-corrected chi connectivity index (χ0v) is 13.0. The number of hydrogen-bond acceptors (Lipinski definition) is 2. The molecule has 1 aliphatic carbocycles. The summed E-state index contributed by atoms with van der Waals surface area (Å²) in [4.78, 5) is 2.82. The molecular formula is C18H23NS. The second kappa shape index (κ2) is 6.55. The van der Waals surface area contributed by atoms with Gasteiger partial charge in [-0.15, -0.1) is 11.3 Å². The van der Waals surface area contributed by atoms with Gasteiger partial charge in [-0.25, -0.2) is 0 Å². The van der Waals surface area contributed by atoms with E-state index in [0.29, 0.717) is 6.04 Å².